The summed E-state index contributed by atoms with van der Waals surface area (Å²) in [7, 11) is 3.19. The number of hydrogen-bond acceptors (Lipinski definition) is 3. The van der Waals surface area contributed by atoms with Gasteiger partial charge < -0.3 is 25.1 Å². The first-order valence-corrected chi connectivity index (χ1v) is 8.53. The van der Waals surface area contributed by atoms with Gasteiger partial charge in [-0.25, -0.2) is 4.39 Å². The quantitative estimate of drug-likeness (QED) is 0.573. The van der Waals surface area contributed by atoms with E-state index in [9.17, 15) is 4.39 Å². The number of halogens is 1. The van der Waals surface area contributed by atoms with Crippen molar-refractivity contribution in [2.45, 2.75) is 6.42 Å². The molecule has 0 aliphatic rings. The molecule has 3 rings (SSSR count). The van der Waals surface area contributed by atoms with Gasteiger partial charge in [-0.05, 0) is 42.4 Å². The summed E-state index contributed by atoms with van der Waals surface area (Å²) in [6, 6.07) is 10.2. The summed E-state index contributed by atoms with van der Waals surface area (Å²) >= 11 is 5.33. The predicted molar refractivity (Wildman–Crippen MR) is 106 cm³/mol. The summed E-state index contributed by atoms with van der Waals surface area (Å²) in [4.78, 5) is 3.15. The number of hydrogen-bond donors (Lipinski definition) is 3. The first kappa shape index (κ1) is 18.0. The largest absolute Gasteiger partial charge is 0.497 e. The number of H-pyrrole nitrogens is 1. The predicted octanol–water partition coefficient (Wildman–Crippen LogP) is 3.85. The molecular weight excluding hydrogens is 353 g/mol. The molecule has 0 fully saturated rings. The summed E-state index contributed by atoms with van der Waals surface area (Å²) in [5.74, 6) is 1.11. The third kappa shape index (κ3) is 4.23. The zero-order chi connectivity index (χ0) is 18.5. The van der Waals surface area contributed by atoms with Crippen LogP contribution >= 0.6 is 12.2 Å². The highest BCUT2D eigenvalue weighted by molar-refractivity contribution is 7.80. The van der Waals surface area contributed by atoms with Gasteiger partial charge in [0.1, 0.15) is 17.3 Å². The van der Waals surface area contributed by atoms with Crippen molar-refractivity contribution in [3.05, 3.63) is 54.0 Å². The van der Waals surface area contributed by atoms with Crippen LogP contribution < -0.4 is 20.1 Å². The molecule has 2 aromatic carbocycles. The van der Waals surface area contributed by atoms with Gasteiger partial charge in [-0.3, -0.25) is 0 Å². The Bertz CT molecular complexity index is 904. The van der Waals surface area contributed by atoms with Crippen LogP contribution in [0.5, 0.6) is 11.5 Å². The minimum absolute atomic E-state index is 0.240. The van der Waals surface area contributed by atoms with Crippen LogP contribution in [0.25, 0.3) is 10.9 Å². The average Bonchev–Trinajstić information content (AvgIpc) is 3.03. The lowest BCUT2D eigenvalue weighted by Crippen LogP contribution is -2.30. The van der Waals surface area contributed by atoms with E-state index in [0.717, 1.165) is 22.2 Å². The maximum absolute atomic E-state index is 13.4. The molecule has 1 aromatic heterocycles. The molecule has 1 heterocycles. The zero-order valence-corrected chi connectivity index (χ0v) is 15.4. The lowest BCUT2D eigenvalue weighted by Gasteiger charge is -2.12. The number of thiocarbonyl (C=S) groups is 1. The van der Waals surface area contributed by atoms with Crippen molar-refractivity contribution in [3.63, 3.8) is 0 Å². The Morgan fingerprint density at radius 2 is 1.85 bits per heavy atom. The maximum Gasteiger partial charge on any atom is 0.170 e. The van der Waals surface area contributed by atoms with Crippen molar-refractivity contribution < 1.29 is 13.9 Å². The molecule has 3 aromatic rings. The summed E-state index contributed by atoms with van der Waals surface area (Å²) in [6.07, 6.45) is 2.61. The van der Waals surface area contributed by atoms with Gasteiger partial charge in [0.05, 0.1) is 14.2 Å². The standard InChI is InChI=1S/C19H20FN3O2S/c1-24-15-8-14(9-16(10-15)25-2)23-19(26)21-6-5-12-11-22-18-4-3-13(20)7-17(12)18/h3-4,7-11,22H,5-6H2,1-2H3,(H2,21,23,26). The van der Waals surface area contributed by atoms with Crippen molar-refractivity contribution in [2.24, 2.45) is 0 Å². The van der Waals surface area contributed by atoms with Crippen LogP contribution in [0, 0.1) is 5.82 Å². The number of fused-ring (bicyclic) bond motifs is 1. The Morgan fingerprint density at radius 1 is 1.12 bits per heavy atom. The van der Waals surface area contributed by atoms with Crippen molar-refractivity contribution in [2.75, 3.05) is 26.1 Å². The Hall–Kier alpha value is -2.80. The Morgan fingerprint density at radius 3 is 2.54 bits per heavy atom. The van der Waals surface area contributed by atoms with Gasteiger partial charge in [-0.1, -0.05) is 0 Å². The van der Waals surface area contributed by atoms with E-state index in [-0.39, 0.29) is 5.82 Å². The van der Waals surface area contributed by atoms with Crippen LogP contribution in [0.1, 0.15) is 5.56 Å². The normalized spacial score (nSPS) is 10.6. The number of ether oxygens (including phenoxy) is 2. The van der Waals surface area contributed by atoms with Gasteiger partial charge in [-0.15, -0.1) is 0 Å². The summed E-state index contributed by atoms with van der Waals surface area (Å²) in [5, 5.41) is 7.65. The van der Waals surface area contributed by atoms with E-state index in [0.29, 0.717) is 29.6 Å². The fraction of sp³-hybridized carbons (Fsp3) is 0.211. The Kier molecular flexibility index (Phi) is 5.58. The molecule has 0 radical (unpaired) electrons. The van der Waals surface area contributed by atoms with Gasteiger partial charge in [-0.2, -0.15) is 0 Å². The smallest absolute Gasteiger partial charge is 0.170 e. The fourth-order valence-corrected chi connectivity index (χ4v) is 2.94. The highest BCUT2D eigenvalue weighted by Gasteiger charge is 2.06. The molecule has 7 heteroatoms. The Labute approximate surface area is 156 Å². The number of methoxy groups -OCH3 is 2. The molecule has 0 bridgehead atoms. The minimum atomic E-state index is -0.240. The monoisotopic (exact) mass is 373 g/mol. The molecule has 0 aliphatic carbocycles. The molecule has 26 heavy (non-hydrogen) atoms. The van der Waals surface area contributed by atoms with Crippen molar-refractivity contribution >= 4 is 33.9 Å². The molecule has 0 saturated heterocycles. The van der Waals surface area contributed by atoms with Crippen LogP contribution in [0.3, 0.4) is 0 Å². The van der Waals surface area contributed by atoms with E-state index in [1.54, 1.807) is 32.4 Å². The number of rotatable bonds is 6. The van der Waals surface area contributed by atoms with Gasteiger partial charge in [0.25, 0.3) is 0 Å². The van der Waals surface area contributed by atoms with Crippen molar-refractivity contribution in [3.8, 4) is 11.5 Å². The molecule has 136 valence electrons. The minimum Gasteiger partial charge on any atom is -0.497 e. The van der Waals surface area contributed by atoms with E-state index in [1.165, 1.54) is 6.07 Å². The highest BCUT2D eigenvalue weighted by atomic mass is 32.1. The zero-order valence-electron chi connectivity index (χ0n) is 14.6. The fourth-order valence-electron chi connectivity index (χ4n) is 2.72. The van der Waals surface area contributed by atoms with Gasteiger partial charge in [0.15, 0.2) is 5.11 Å². The SMILES string of the molecule is COc1cc(NC(=S)NCCc2c[nH]c3ccc(F)cc23)cc(OC)c1. The van der Waals surface area contributed by atoms with Crippen molar-refractivity contribution in [1.82, 2.24) is 10.3 Å². The van der Waals surface area contributed by atoms with E-state index in [4.69, 9.17) is 21.7 Å². The number of nitrogens with one attached hydrogen (secondary N) is 3. The third-order valence-corrected chi connectivity index (χ3v) is 4.27. The lowest BCUT2D eigenvalue weighted by atomic mass is 10.1. The molecule has 0 aliphatic heterocycles. The summed E-state index contributed by atoms with van der Waals surface area (Å²) < 4.78 is 23.9. The number of benzene rings is 2. The molecular formula is C19H20FN3O2S. The van der Waals surface area contributed by atoms with Crippen LogP contribution in [0.4, 0.5) is 10.1 Å². The van der Waals surface area contributed by atoms with Crippen LogP contribution in [-0.2, 0) is 6.42 Å². The number of aromatic nitrogens is 1. The second kappa shape index (κ2) is 8.05. The average molecular weight is 373 g/mol. The molecule has 5 nitrogen and oxygen atoms in total. The number of anilines is 1. The van der Waals surface area contributed by atoms with Crippen LogP contribution in [0.2, 0.25) is 0 Å². The van der Waals surface area contributed by atoms with Gasteiger partial charge in [0, 0.05) is 47.5 Å². The van der Waals surface area contributed by atoms with E-state index in [1.807, 2.05) is 18.3 Å². The maximum atomic E-state index is 13.4. The molecule has 3 N–H and O–H groups in total. The van der Waals surface area contributed by atoms with Crippen molar-refractivity contribution in [1.29, 1.82) is 0 Å². The lowest BCUT2D eigenvalue weighted by molar-refractivity contribution is 0.395. The number of aromatic amines is 1. The second-order valence-electron chi connectivity index (χ2n) is 5.74. The molecule has 0 unspecified atom stereocenters. The van der Waals surface area contributed by atoms with Crippen LogP contribution in [0.15, 0.2) is 42.6 Å². The summed E-state index contributed by atoms with van der Waals surface area (Å²) in [6.45, 7) is 0.621. The van der Waals surface area contributed by atoms with E-state index in [2.05, 4.69) is 15.6 Å². The van der Waals surface area contributed by atoms with Gasteiger partial charge in [0.2, 0.25) is 0 Å². The summed E-state index contributed by atoms with van der Waals surface area (Å²) in [5.41, 5.74) is 2.73. The molecule has 0 amide bonds. The highest BCUT2D eigenvalue weighted by Crippen LogP contribution is 2.25. The third-order valence-electron chi connectivity index (χ3n) is 4.02. The first-order valence-electron chi connectivity index (χ1n) is 8.12. The Balaban J connectivity index is 1.58. The molecule has 0 atom stereocenters. The van der Waals surface area contributed by atoms with E-state index >= 15 is 0 Å². The molecule has 0 spiro atoms. The topological polar surface area (TPSA) is 58.3 Å². The molecule has 0 saturated carbocycles. The van der Waals surface area contributed by atoms with Gasteiger partial charge >= 0.3 is 0 Å². The first-order chi connectivity index (χ1) is 12.6. The van der Waals surface area contributed by atoms with Crippen LogP contribution in [-0.4, -0.2) is 30.9 Å². The van der Waals surface area contributed by atoms with E-state index < -0.39 is 0 Å². The second-order valence-corrected chi connectivity index (χ2v) is 6.14.